The van der Waals surface area contributed by atoms with E-state index in [9.17, 15) is 4.39 Å². The van der Waals surface area contributed by atoms with Gasteiger partial charge in [0.25, 0.3) is 0 Å². The van der Waals surface area contributed by atoms with Crippen LogP contribution in [0.25, 0.3) is 5.57 Å². The van der Waals surface area contributed by atoms with Crippen LogP contribution in [0.2, 0.25) is 0 Å². The lowest BCUT2D eigenvalue weighted by atomic mass is 9.91. The summed E-state index contributed by atoms with van der Waals surface area (Å²) in [6, 6.07) is 6.93. The number of allylic oxidation sites excluding steroid dienone is 3. The predicted molar refractivity (Wildman–Crippen MR) is 70.9 cm³/mol. The van der Waals surface area contributed by atoms with Crippen molar-refractivity contribution in [2.45, 2.75) is 19.3 Å². The molecule has 1 heterocycles. The fourth-order valence-electron chi connectivity index (χ4n) is 2.78. The van der Waals surface area contributed by atoms with Crippen molar-refractivity contribution in [3.63, 3.8) is 0 Å². The van der Waals surface area contributed by atoms with Gasteiger partial charge in [-0.3, -0.25) is 0 Å². The van der Waals surface area contributed by atoms with E-state index in [0.29, 0.717) is 5.92 Å². The number of rotatable bonds is 3. The predicted octanol–water partition coefficient (Wildman–Crippen LogP) is 3.00. The van der Waals surface area contributed by atoms with Crippen LogP contribution in [0.3, 0.4) is 0 Å². The first kappa shape index (κ1) is 11.3. The molecule has 0 fully saturated rings. The molecule has 0 radical (unpaired) electrons. The first-order valence-corrected chi connectivity index (χ1v) is 6.45. The smallest absolute Gasteiger partial charge is 0.123 e. The maximum atomic E-state index is 13.3. The van der Waals surface area contributed by atoms with Crippen LogP contribution >= 0.6 is 0 Å². The van der Waals surface area contributed by atoms with Gasteiger partial charge in [0.2, 0.25) is 0 Å². The SMILES string of the molecule is Fc1cccc(C2=CCC[C@@H]2CC2=CNCN2)c1. The van der Waals surface area contributed by atoms with Gasteiger partial charge in [-0.05, 0) is 48.4 Å². The Morgan fingerprint density at radius 3 is 3.06 bits per heavy atom. The monoisotopic (exact) mass is 244 g/mol. The zero-order valence-electron chi connectivity index (χ0n) is 10.2. The summed E-state index contributed by atoms with van der Waals surface area (Å²) in [5.74, 6) is 0.351. The number of benzene rings is 1. The van der Waals surface area contributed by atoms with Crippen LogP contribution in [0.15, 0.2) is 42.2 Å². The van der Waals surface area contributed by atoms with Gasteiger partial charge in [-0.2, -0.15) is 0 Å². The second kappa shape index (κ2) is 4.84. The van der Waals surface area contributed by atoms with Crippen LogP contribution in [0.4, 0.5) is 4.39 Å². The summed E-state index contributed by atoms with van der Waals surface area (Å²) < 4.78 is 13.3. The third-order valence-electron chi connectivity index (χ3n) is 3.64. The molecular weight excluding hydrogens is 227 g/mol. The molecule has 1 aromatic rings. The molecule has 1 atom stereocenters. The van der Waals surface area contributed by atoms with Gasteiger partial charge < -0.3 is 10.6 Å². The average Bonchev–Trinajstić information content (AvgIpc) is 3.01. The second-order valence-corrected chi connectivity index (χ2v) is 4.88. The maximum Gasteiger partial charge on any atom is 0.123 e. The molecule has 1 aromatic carbocycles. The highest BCUT2D eigenvalue weighted by molar-refractivity contribution is 5.69. The highest BCUT2D eigenvalue weighted by atomic mass is 19.1. The maximum absolute atomic E-state index is 13.3. The summed E-state index contributed by atoms with van der Waals surface area (Å²) in [6.07, 6.45) is 7.56. The van der Waals surface area contributed by atoms with Gasteiger partial charge in [-0.15, -0.1) is 0 Å². The van der Waals surface area contributed by atoms with Gasteiger partial charge in [-0.1, -0.05) is 18.2 Å². The van der Waals surface area contributed by atoms with Gasteiger partial charge in [0, 0.05) is 11.9 Å². The molecule has 3 rings (SSSR count). The van der Waals surface area contributed by atoms with Crippen molar-refractivity contribution in [3.05, 3.63) is 53.6 Å². The molecule has 0 amide bonds. The van der Waals surface area contributed by atoms with Crippen molar-refractivity contribution in [3.8, 4) is 0 Å². The number of hydrogen-bond donors (Lipinski definition) is 2. The van der Waals surface area contributed by atoms with E-state index in [2.05, 4.69) is 16.7 Å². The summed E-state index contributed by atoms with van der Waals surface area (Å²) >= 11 is 0. The molecule has 18 heavy (non-hydrogen) atoms. The van der Waals surface area contributed by atoms with Crippen LogP contribution in [0.5, 0.6) is 0 Å². The van der Waals surface area contributed by atoms with Gasteiger partial charge in [-0.25, -0.2) is 4.39 Å². The van der Waals surface area contributed by atoms with E-state index in [1.54, 1.807) is 12.1 Å². The minimum atomic E-state index is -0.154. The van der Waals surface area contributed by atoms with E-state index >= 15 is 0 Å². The summed E-state index contributed by atoms with van der Waals surface area (Å²) in [5.41, 5.74) is 3.58. The molecule has 0 saturated carbocycles. The van der Waals surface area contributed by atoms with Crippen molar-refractivity contribution in [2.75, 3.05) is 6.67 Å². The Bertz CT molecular complexity index is 505. The van der Waals surface area contributed by atoms with Gasteiger partial charge >= 0.3 is 0 Å². The van der Waals surface area contributed by atoms with Gasteiger partial charge in [0.05, 0.1) is 6.67 Å². The topological polar surface area (TPSA) is 24.1 Å². The largest absolute Gasteiger partial charge is 0.372 e. The second-order valence-electron chi connectivity index (χ2n) is 4.88. The Hall–Kier alpha value is -1.77. The molecule has 0 aromatic heterocycles. The number of halogens is 1. The fourth-order valence-corrected chi connectivity index (χ4v) is 2.78. The minimum Gasteiger partial charge on any atom is -0.372 e. The van der Waals surface area contributed by atoms with E-state index in [1.807, 2.05) is 12.3 Å². The minimum absolute atomic E-state index is 0.154. The van der Waals surface area contributed by atoms with Gasteiger partial charge in [0.15, 0.2) is 0 Å². The van der Waals surface area contributed by atoms with E-state index in [-0.39, 0.29) is 5.82 Å². The summed E-state index contributed by atoms with van der Waals surface area (Å²) in [6.45, 7) is 0.821. The number of hydrogen-bond acceptors (Lipinski definition) is 2. The third kappa shape index (κ3) is 2.26. The molecule has 1 aliphatic heterocycles. The molecule has 2 aliphatic rings. The molecule has 1 aliphatic carbocycles. The highest BCUT2D eigenvalue weighted by Gasteiger charge is 2.22. The fraction of sp³-hybridized carbons (Fsp3) is 0.333. The van der Waals surface area contributed by atoms with E-state index in [0.717, 1.165) is 31.5 Å². The molecule has 0 spiro atoms. The molecule has 2 N–H and O–H groups in total. The van der Waals surface area contributed by atoms with Crippen molar-refractivity contribution in [2.24, 2.45) is 5.92 Å². The summed E-state index contributed by atoms with van der Waals surface area (Å²) in [5, 5.41) is 6.47. The molecule has 0 unspecified atom stereocenters. The Morgan fingerprint density at radius 1 is 1.33 bits per heavy atom. The highest BCUT2D eigenvalue weighted by Crippen LogP contribution is 2.37. The zero-order valence-corrected chi connectivity index (χ0v) is 10.2. The molecule has 94 valence electrons. The zero-order chi connectivity index (χ0) is 12.4. The lowest BCUT2D eigenvalue weighted by Crippen LogP contribution is -2.15. The normalized spacial score (nSPS) is 22.2. The molecule has 2 nitrogen and oxygen atoms in total. The molecular formula is C15H17FN2. The molecule has 3 heteroatoms. The van der Waals surface area contributed by atoms with E-state index in [4.69, 9.17) is 0 Å². The summed E-state index contributed by atoms with van der Waals surface area (Å²) in [7, 11) is 0. The quantitative estimate of drug-likeness (QED) is 0.854. The van der Waals surface area contributed by atoms with Crippen molar-refractivity contribution in [1.82, 2.24) is 10.6 Å². The van der Waals surface area contributed by atoms with Crippen molar-refractivity contribution >= 4 is 5.57 Å². The Kier molecular flexibility index (Phi) is 3.05. The van der Waals surface area contributed by atoms with Crippen LogP contribution in [0.1, 0.15) is 24.8 Å². The van der Waals surface area contributed by atoms with Crippen LogP contribution in [-0.4, -0.2) is 6.67 Å². The lowest BCUT2D eigenvalue weighted by Gasteiger charge is -2.16. The first-order valence-electron chi connectivity index (χ1n) is 6.45. The van der Waals surface area contributed by atoms with E-state index < -0.39 is 0 Å². The van der Waals surface area contributed by atoms with Crippen LogP contribution in [0, 0.1) is 11.7 Å². The number of nitrogens with one attached hydrogen (secondary N) is 2. The Labute approximate surface area is 107 Å². The third-order valence-corrected chi connectivity index (χ3v) is 3.64. The van der Waals surface area contributed by atoms with Gasteiger partial charge in [0.1, 0.15) is 5.82 Å². The standard InChI is InChI=1S/C15H17FN2/c16-13-5-1-3-11(7-13)15-6-2-4-12(15)8-14-9-17-10-18-14/h1,3,5-7,9,12,17-18H,2,4,8,10H2/t12-/m1/s1. The van der Waals surface area contributed by atoms with Crippen LogP contribution < -0.4 is 10.6 Å². The van der Waals surface area contributed by atoms with E-state index in [1.165, 1.54) is 17.3 Å². The Morgan fingerprint density at radius 2 is 2.28 bits per heavy atom. The van der Waals surface area contributed by atoms with Crippen molar-refractivity contribution < 1.29 is 4.39 Å². The molecule has 0 bridgehead atoms. The Balaban J connectivity index is 1.78. The average molecular weight is 244 g/mol. The lowest BCUT2D eigenvalue weighted by molar-refractivity contribution is 0.612. The summed E-state index contributed by atoms with van der Waals surface area (Å²) in [4.78, 5) is 0. The van der Waals surface area contributed by atoms with Crippen molar-refractivity contribution in [1.29, 1.82) is 0 Å². The molecule has 0 saturated heterocycles. The van der Waals surface area contributed by atoms with Crippen LogP contribution in [-0.2, 0) is 0 Å². The first-order chi connectivity index (χ1) is 8.83.